The second-order valence-corrected chi connectivity index (χ2v) is 10.0. The summed E-state index contributed by atoms with van der Waals surface area (Å²) in [7, 11) is 0. The molecule has 0 rings (SSSR count). The van der Waals surface area contributed by atoms with Crippen molar-refractivity contribution in [1.82, 2.24) is 21.3 Å². The lowest BCUT2D eigenvalue weighted by Gasteiger charge is -2.22. The number of carbonyl (C=O) groups is 6. The van der Waals surface area contributed by atoms with E-state index in [0.717, 1.165) is 23.5 Å². The Morgan fingerprint density at radius 3 is 1.44 bits per heavy atom. The average molecular weight is 601 g/mol. The summed E-state index contributed by atoms with van der Waals surface area (Å²) in [4.78, 5) is 68.3. The quantitative estimate of drug-likeness (QED) is 0.0547. The van der Waals surface area contributed by atoms with Gasteiger partial charge in [0.15, 0.2) is 6.10 Å². The smallest absolute Gasteiger partial charge is 0.321 e. The number of aliphatic carboxylic acids is 2. The molecule has 3 unspecified atom stereocenters. The Morgan fingerprint density at radius 2 is 1.03 bits per heavy atom. The highest BCUT2D eigenvalue weighted by Gasteiger charge is 2.31. The maximum absolute atomic E-state index is 12.0. The molecule has 13 N–H and O–H groups in total. The Labute approximate surface area is 232 Å². The van der Waals surface area contributed by atoms with E-state index in [1.807, 2.05) is 0 Å². The van der Waals surface area contributed by atoms with Gasteiger partial charge in [0.05, 0.1) is 24.0 Å². The third-order valence-electron chi connectivity index (χ3n) is 4.59. The van der Waals surface area contributed by atoms with Crippen LogP contribution < -0.4 is 32.7 Å². The predicted molar refractivity (Wildman–Crippen MR) is 141 cm³/mol. The van der Waals surface area contributed by atoms with E-state index in [1.165, 1.54) is 0 Å². The maximum Gasteiger partial charge on any atom is 0.321 e. The number of carboxylic acid groups (broad SMARTS) is 2. The largest absolute Gasteiger partial charge is 0.480 e. The lowest BCUT2D eigenvalue weighted by molar-refractivity contribution is -0.143. The first kappa shape index (κ1) is 36.3. The molecule has 39 heavy (non-hydrogen) atoms. The van der Waals surface area contributed by atoms with Gasteiger partial charge in [0.1, 0.15) is 18.2 Å². The Balaban J connectivity index is 4.09. The molecule has 0 aliphatic heterocycles. The fourth-order valence-corrected chi connectivity index (χ4v) is 4.05. The Bertz CT molecular complexity index is 838. The molecular formula is C20H36N6O11S2. The standard InChI is InChI=1S/C20H36N6O11S2/c21-10(19(34)35)6-38-8-14(29)24-2-1-23-13(28)5-12(27)16(31)17(32)18(33)26-4-3-25-15(30)9-39-7-11(22)20(36)37/h10-12,16-17,27,31-32H,1-9,21-22H2,(H,23,28)(H,24,29)(H,25,30)(H,26,33)(H,34,35)(H,36,37)/t10?,11?,12?,16-,17+/m1/s1. The zero-order valence-electron chi connectivity index (χ0n) is 20.9. The Kier molecular flexibility index (Phi) is 18.9. The fraction of sp³-hybridized carbons (Fsp3) is 0.700. The highest BCUT2D eigenvalue weighted by atomic mass is 32.2. The summed E-state index contributed by atoms with van der Waals surface area (Å²) in [6, 6.07) is -2.19. The molecule has 5 atom stereocenters. The number of rotatable bonds is 21. The molecule has 0 spiro atoms. The molecule has 0 bridgehead atoms. The number of hydrogen-bond donors (Lipinski definition) is 11. The number of amides is 4. The molecule has 0 saturated carbocycles. The third-order valence-corrected chi connectivity index (χ3v) is 6.71. The van der Waals surface area contributed by atoms with Gasteiger partial charge in [-0.1, -0.05) is 0 Å². The third kappa shape index (κ3) is 17.5. The van der Waals surface area contributed by atoms with Crippen LogP contribution >= 0.6 is 23.5 Å². The van der Waals surface area contributed by atoms with Gasteiger partial charge < -0.3 is 58.3 Å². The summed E-state index contributed by atoms with van der Waals surface area (Å²) in [6.07, 6.45) is -6.50. The summed E-state index contributed by atoms with van der Waals surface area (Å²) in [5, 5.41) is 56.7. The SMILES string of the molecule is NC(CSCC(=O)NCCNC(=O)CC(O)[C@@H](O)[C@H](O)C(=O)NCCNC(=O)CSCC(N)C(=O)O)C(=O)O. The zero-order chi connectivity index (χ0) is 30.0. The number of aliphatic hydroxyl groups is 3. The molecule has 0 fully saturated rings. The van der Waals surface area contributed by atoms with E-state index in [0.29, 0.717) is 0 Å². The molecular weight excluding hydrogens is 564 g/mol. The van der Waals surface area contributed by atoms with Gasteiger partial charge in [-0.05, 0) is 0 Å². The van der Waals surface area contributed by atoms with Crippen LogP contribution in [0.25, 0.3) is 0 Å². The van der Waals surface area contributed by atoms with Crippen LogP contribution in [0.4, 0.5) is 0 Å². The molecule has 0 radical (unpaired) electrons. The topological polar surface area (TPSA) is 304 Å². The number of thioether (sulfide) groups is 2. The number of hydrogen-bond acceptors (Lipinski definition) is 13. The van der Waals surface area contributed by atoms with Gasteiger partial charge in [0, 0.05) is 37.7 Å². The van der Waals surface area contributed by atoms with Crippen LogP contribution in [0, 0.1) is 0 Å². The zero-order valence-corrected chi connectivity index (χ0v) is 22.5. The fourth-order valence-electron chi connectivity index (χ4n) is 2.45. The van der Waals surface area contributed by atoms with E-state index < -0.39 is 72.4 Å². The van der Waals surface area contributed by atoms with Crippen molar-refractivity contribution >= 4 is 59.1 Å². The van der Waals surface area contributed by atoms with Crippen molar-refractivity contribution in [3.63, 3.8) is 0 Å². The van der Waals surface area contributed by atoms with Crippen molar-refractivity contribution in [2.75, 3.05) is 49.2 Å². The minimum Gasteiger partial charge on any atom is -0.480 e. The van der Waals surface area contributed by atoms with Crippen molar-refractivity contribution in [3.8, 4) is 0 Å². The lowest BCUT2D eigenvalue weighted by Crippen LogP contribution is -2.49. The summed E-state index contributed by atoms with van der Waals surface area (Å²) < 4.78 is 0. The van der Waals surface area contributed by atoms with Gasteiger partial charge >= 0.3 is 11.9 Å². The first-order valence-electron chi connectivity index (χ1n) is 11.5. The summed E-state index contributed by atoms with van der Waals surface area (Å²) >= 11 is 2.04. The Morgan fingerprint density at radius 1 is 0.641 bits per heavy atom. The second-order valence-electron chi connectivity index (χ2n) is 7.97. The van der Waals surface area contributed by atoms with Crippen molar-refractivity contribution in [1.29, 1.82) is 0 Å². The van der Waals surface area contributed by atoms with Gasteiger partial charge in [-0.3, -0.25) is 28.8 Å². The molecule has 0 aromatic rings. The van der Waals surface area contributed by atoms with E-state index in [4.69, 9.17) is 21.7 Å². The number of carboxylic acids is 2. The highest BCUT2D eigenvalue weighted by Crippen LogP contribution is 2.05. The van der Waals surface area contributed by atoms with Crippen LogP contribution in [0.1, 0.15) is 6.42 Å². The summed E-state index contributed by atoms with van der Waals surface area (Å²) in [5.41, 5.74) is 10.6. The number of nitrogens with two attached hydrogens (primary N) is 2. The van der Waals surface area contributed by atoms with Crippen molar-refractivity contribution in [3.05, 3.63) is 0 Å². The van der Waals surface area contributed by atoms with E-state index in [-0.39, 0.29) is 49.2 Å². The molecule has 4 amide bonds. The van der Waals surface area contributed by atoms with Gasteiger partial charge in [0.25, 0.3) is 5.91 Å². The molecule has 0 aliphatic rings. The van der Waals surface area contributed by atoms with Gasteiger partial charge in [-0.25, -0.2) is 0 Å². The number of aliphatic hydroxyl groups excluding tert-OH is 3. The first-order chi connectivity index (χ1) is 18.3. The van der Waals surface area contributed by atoms with Gasteiger partial charge in [0.2, 0.25) is 17.7 Å². The van der Waals surface area contributed by atoms with E-state index >= 15 is 0 Å². The minimum atomic E-state index is -2.07. The minimum absolute atomic E-state index is 0.0215. The second kappa shape index (κ2) is 20.3. The normalized spacial score (nSPS) is 14.7. The van der Waals surface area contributed by atoms with E-state index in [2.05, 4.69) is 21.3 Å². The predicted octanol–water partition coefficient (Wildman–Crippen LogP) is -5.79. The lowest BCUT2D eigenvalue weighted by atomic mass is 10.0. The highest BCUT2D eigenvalue weighted by molar-refractivity contribution is 8.00. The maximum atomic E-state index is 12.0. The van der Waals surface area contributed by atoms with E-state index in [1.54, 1.807) is 0 Å². The first-order valence-corrected chi connectivity index (χ1v) is 13.8. The average Bonchev–Trinajstić information content (AvgIpc) is 2.87. The van der Waals surface area contributed by atoms with Crippen LogP contribution in [0.2, 0.25) is 0 Å². The molecule has 0 heterocycles. The molecule has 0 aromatic heterocycles. The Hall–Kier alpha value is -2.68. The van der Waals surface area contributed by atoms with Crippen LogP contribution in [0.3, 0.4) is 0 Å². The van der Waals surface area contributed by atoms with Crippen molar-refractivity contribution in [2.24, 2.45) is 11.5 Å². The van der Waals surface area contributed by atoms with Crippen LogP contribution in [0.5, 0.6) is 0 Å². The van der Waals surface area contributed by atoms with Crippen LogP contribution in [-0.2, 0) is 28.8 Å². The van der Waals surface area contributed by atoms with Crippen LogP contribution in [0.15, 0.2) is 0 Å². The molecule has 17 nitrogen and oxygen atoms in total. The molecule has 0 saturated heterocycles. The van der Waals surface area contributed by atoms with Crippen molar-refractivity contribution in [2.45, 2.75) is 36.8 Å². The molecule has 0 aromatic carbocycles. The summed E-state index contributed by atoms with van der Waals surface area (Å²) in [5.74, 6) is -5.00. The van der Waals surface area contributed by atoms with Gasteiger partial charge in [-0.15, -0.1) is 23.5 Å². The molecule has 224 valence electrons. The van der Waals surface area contributed by atoms with Crippen LogP contribution in [-0.4, -0.2) is 141 Å². The number of nitrogens with one attached hydrogen (secondary N) is 4. The summed E-state index contributed by atoms with van der Waals surface area (Å²) in [6.45, 7) is -0.146. The van der Waals surface area contributed by atoms with E-state index in [9.17, 15) is 44.1 Å². The monoisotopic (exact) mass is 600 g/mol. The molecule has 19 heteroatoms. The van der Waals surface area contributed by atoms with Crippen molar-refractivity contribution < 1.29 is 54.3 Å². The molecule has 0 aliphatic carbocycles. The number of carbonyl (C=O) groups excluding carboxylic acids is 4. The van der Waals surface area contributed by atoms with Gasteiger partial charge in [-0.2, -0.15) is 0 Å².